The number of hydrogen-bond acceptors (Lipinski definition) is 3. The molecule has 3 heterocycles. The molecular weight excluding hydrogens is 333 g/mol. The fourth-order valence-electron chi connectivity index (χ4n) is 3.60. The quantitative estimate of drug-likeness (QED) is 0.720. The highest BCUT2D eigenvalue weighted by Crippen LogP contribution is 2.34. The molecule has 3 aromatic rings. The second-order valence-electron chi connectivity index (χ2n) is 6.62. The number of hydrogen-bond donors (Lipinski definition) is 0. The Kier molecular flexibility index (Phi) is 4.11. The number of methoxy groups -OCH3 is 1. The van der Waals surface area contributed by atoms with Gasteiger partial charge in [0, 0.05) is 12.7 Å². The first-order valence-corrected chi connectivity index (χ1v) is 8.67. The molecule has 1 aliphatic heterocycles. The van der Waals surface area contributed by atoms with Crippen LogP contribution in [-0.2, 0) is 0 Å². The molecule has 4 rings (SSSR count). The van der Waals surface area contributed by atoms with Crippen molar-refractivity contribution in [3.05, 3.63) is 65.4 Å². The lowest BCUT2D eigenvalue weighted by molar-refractivity contribution is 0.0724. The molecule has 1 aromatic carbocycles. The van der Waals surface area contributed by atoms with Gasteiger partial charge >= 0.3 is 0 Å². The number of pyridine rings is 1. The fourth-order valence-corrected chi connectivity index (χ4v) is 3.60. The average molecular weight is 353 g/mol. The van der Waals surface area contributed by atoms with Crippen LogP contribution in [0.5, 0.6) is 5.75 Å². The highest BCUT2D eigenvalue weighted by Gasteiger charge is 2.34. The van der Waals surface area contributed by atoms with Gasteiger partial charge in [-0.05, 0) is 49.1 Å². The Morgan fingerprint density at radius 1 is 1.31 bits per heavy atom. The summed E-state index contributed by atoms with van der Waals surface area (Å²) in [4.78, 5) is 19.0. The number of carbonyl (C=O) groups excluding carboxylic acids is 1. The second kappa shape index (κ2) is 6.44. The predicted molar refractivity (Wildman–Crippen MR) is 95.9 cm³/mol. The molecule has 1 saturated heterocycles. The summed E-state index contributed by atoms with van der Waals surface area (Å²) >= 11 is 0. The molecule has 0 bridgehead atoms. The Labute approximate surface area is 151 Å². The van der Waals surface area contributed by atoms with E-state index < -0.39 is 5.95 Å². The molecule has 134 valence electrons. The van der Waals surface area contributed by atoms with E-state index in [0.717, 1.165) is 29.7 Å². The van der Waals surface area contributed by atoms with Crippen molar-refractivity contribution in [2.24, 2.45) is 0 Å². The summed E-state index contributed by atoms with van der Waals surface area (Å²) in [5.41, 5.74) is 2.22. The van der Waals surface area contributed by atoms with Crippen molar-refractivity contribution >= 4 is 11.6 Å². The number of rotatable bonds is 3. The van der Waals surface area contributed by atoms with E-state index in [1.807, 2.05) is 37.3 Å². The lowest BCUT2D eigenvalue weighted by atomic mass is 10.0. The first-order valence-electron chi connectivity index (χ1n) is 8.67. The molecule has 0 aliphatic carbocycles. The van der Waals surface area contributed by atoms with Gasteiger partial charge in [0.15, 0.2) is 5.69 Å². The van der Waals surface area contributed by atoms with Crippen LogP contribution in [0.4, 0.5) is 4.39 Å². The number of benzene rings is 1. The van der Waals surface area contributed by atoms with Crippen LogP contribution in [0.25, 0.3) is 5.65 Å². The maximum atomic E-state index is 14.8. The normalized spacial score (nSPS) is 17.0. The largest absolute Gasteiger partial charge is 0.497 e. The number of imidazole rings is 1. The van der Waals surface area contributed by atoms with Crippen LogP contribution in [-0.4, -0.2) is 33.8 Å². The van der Waals surface area contributed by atoms with E-state index in [4.69, 9.17) is 4.74 Å². The zero-order valence-corrected chi connectivity index (χ0v) is 14.8. The van der Waals surface area contributed by atoms with E-state index in [1.54, 1.807) is 24.3 Å². The summed E-state index contributed by atoms with van der Waals surface area (Å²) in [5, 5.41) is 0. The molecule has 2 aromatic heterocycles. The standard InChI is InChI=1S/C20H20FN3O2/c1-13-8-9-17-22-18(19(21)24(17)12-13)20(25)23-10-4-7-16(23)14-5-3-6-15(11-14)26-2/h3,5-6,8-9,11-12,16H,4,7,10H2,1-2H3/t16-/m1/s1. The highest BCUT2D eigenvalue weighted by molar-refractivity contribution is 5.93. The maximum Gasteiger partial charge on any atom is 0.277 e. The zero-order chi connectivity index (χ0) is 18.3. The van der Waals surface area contributed by atoms with Crippen LogP contribution < -0.4 is 4.74 Å². The van der Waals surface area contributed by atoms with Crippen molar-refractivity contribution in [1.29, 1.82) is 0 Å². The zero-order valence-electron chi connectivity index (χ0n) is 14.8. The molecule has 1 atom stereocenters. The molecule has 1 fully saturated rings. The molecule has 0 spiro atoms. The number of carbonyl (C=O) groups is 1. The van der Waals surface area contributed by atoms with Crippen molar-refractivity contribution in [3.8, 4) is 5.75 Å². The van der Waals surface area contributed by atoms with Gasteiger partial charge in [0.05, 0.1) is 13.2 Å². The van der Waals surface area contributed by atoms with Crippen LogP contribution in [0.3, 0.4) is 0 Å². The number of aryl methyl sites for hydroxylation is 1. The Bertz CT molecular complexity index is 982. The molecule has 0 unspecified atom stereocenters. The topological polar surface area (TPSA) is 46.8 Å². The van der Waals surface area contributed by atoms with E-state index in [1.165, 1.54) is 4.40 Å². The van der Waals surface area contributed by atoms with E-state index >= 15 is 0 Å². The lowest BCUT2D eigenvalue weighted by Crippen LogP contribution is -2.31. The minimum atomic E-state index is -0.606. The number of nitrogens with zero attached hydrogens (tertiary/aromatic N) is 3. The first-order chi connectivity index (χ1) is 12.6. The van der Waals surface area contributed by atoms with Crippen LogP contribution in [0.15, 0.2) is 42.6 Å². The van der Waals surface area contributed by atoms with Crippen LogP contribution in [0.1, 0.15) is 40.5 Å². The summed E-state index contributed by atoms with van der Waals surface area (Å²) in [6, 6.07) is 11.2. The minimum Gasteiger partial charge on any atom is -0.497 e. The van der Waals surface area contributed by atoms with Crippen molar-refractivity contribution in [3.63, 3.8) is 0 Å². The third kappa shape index (κ3) is 2.71. The van der Waals surface area contributed by atoms with Gasteiger partial charge in [-0.25, -0.2) is 4.98 Å². The van der Waals surface area contributed by atoms with Crippen molar-refractivity contribution in [2.75, 3.05) is 13.7 Å². The molecule has 0 saturated carbocycles. The Morgan fingerprint density at radius 3 is 2.96 bits per heavy atom. The maximum absolute atomic E-state index is 14.8. The van der Waals surface area contributed by atoms with E-state index in [-0.39, 0.29) is 17.6 Å². The van der Waals surface area contributed by atoms with Gasteiger partial charge in [-0.3, -0.25) is 9.20 Å². The Balaban J connectivity index is 1.70. The van der Waals surface area contributed by atoms with E-state index in [9.17, 15) is 9.18 Å². The van der Waals surface area contributed by atoms with Gasteiger partial charge in [0.25, 0.3) is 5.91 Å². The molecule has 1 amide bonds. The monoisotopic (exact) mass is 353 g/mol. The Hall–Kier alpha value is -2.89. The Morgan fingerprint density at radius 2 is 2.15 bits per heavy atom. The summed E-state index contributed by atoms with van der Waals surface area (Å²) in [7, 11) is 1.62. The molecule has 1 aliphatic rings. The summed E-state index contributed by atoms with van der Waals surface area (Å²) < 4.78 is 21.4. The SMILES string of the molecule is COc1cccc([C@H]2CCCN2C(=O)c2nc3ccc(C)cn3c2F)c1. The highest BCUT2D eigenvalue weighted by atomic mass is 19.1. The van der Waals surface area contributed by atoms with Crippen LogP contribution >= 0.6 is 0 Å². The third-order valence-corrected chi connectivity index (χ3v) is 4.90. The number of ether oxygens (including phenoxy) is 1. The molecule has 6 heteroatoms. The number of likely N-dealkylation sites (tertiary alicyclic amines) is 1. The van der Waals surface area contributed by atoms with Crippen LogP contribution in [0.2, 0.25) is 0 Å². The van der Waals surface area contributed by atoms with Gasteiger partial charge in [-0.2, -0.15) is 4.39 Å². The predicted octanol–water partition coefficient (Wildman–Crippen LogP) is 3.77. The van der Waals surface area contributed by atoms with Gasteiger partial charge in [-0.1, -0.05) is 18.2 Å². The smallest absolute Gasteiger partial charge is 0.277 e. The van der Waals surface area contributed by atoms with E-state index in [0.29, 0.717) is 12.2 Å². The molecule has 5 nitrogen and oxygen atoms in total. The van der Waals surface area contributed by atoms with Gasteiger partial charge in [-0.15, -0.1) is 0 Å². The van der Waals surface area contributed by atoms with E-state index in [2.05, 4.69) is 4.98 Å². The first kappa shape index (κ1) is 16.6. The summed E-state index contributed by atoms with van der Waals surface area (Å²) in [6.45, 7) is 2.46. The second-order valence-corrected chi connectivity index (χ2v) is 6.62. The van der Waals surface area contributed by atoms with Crippen LogP contribution in [0, 0.1) is 12.9 Å². The number of halogens is 1. The summed E-state index contributed by atoms with van der Waals surface area (Å²) in [6.07, 6.45) is 3.37. The molecule has 0 N–H and O–H groups in total. The molecule has 26 heavy (non-hydrogen) atoms. The van der Waals surface area contributed by atoms with Gasteiger partial charge in [0.1, 0.15) is 11.4 Å². The number of amides is 1. The third-order valence-electron chi connectivity index (χ3n) is 4.90. The number of aromatic nitrogens is 2. The fraction of sp³-hybridized carbons (Fsp3) is 0.300. The van der Waals surface area contributed by atoms with Crippen molar-refractivity contribution in [1.82, 2.24) is 14.3 Å². The lowest BCUT2D eigenvalue weighted by Gasteiger charge is -2.24. The minimum absolute atomic E-state index is 0.0939. The average Bonchev–Trinajstić information content (AvgIpc) is 3.27. The van der Waals surface area contributed by atoms with Crippen molar-refractivity contribution < 1.29 is 13.9 Å². The van der Waals surface area contributed by atoms with Gasteiger partial charge in [0.2, 0.25) is 5.95 Å². The van der Waals surface area contributed by atoms with Gasteiger partial charge < -0.3 is 9.64 Å². The molecule has 0 radical (unpaired) electrons. The summed E-state index contributed by atoms with van der Waals surface area (Å²) in [5.74, 6) is -0.227. The van der Waals surface area contributed by atoms with Crippen molar-refractivity contribution in [2.45, 2.75) is 25.8 Å². The number of fused-ring (bicyclic) bond motifs is 1. The molecular formula is C20H20FN3O2.